The van der Waals surface area contributed by atoms with Crippen LogP contribution in [0, 0.1) is 0 Å². The van der Waals surface area contributed by atoms with Crippen molar-refractivity contribution in [1.82, 2.24) is 19.8 Å². The zero-order chi connectivity index (χ0) is 15.1. The maximum absolute atomic E-state index is 11.9. The van der Waals surface area contributed by atoms with Gasteiger partial charge in [-0.1, -0.05) is 0 Å². The maximum Gasteiger partial charge on any atom is 0.271 e. The number of nitrogens with zero attached hydrogens (tertiary/aromatic N) is 3. The lowest BCUT2D eigenvalue weighted by Crippen LogP contribution is -2.37. The van der Waals surface area contributed by atoms with Crippen LogP contribution in [0.3, 0.4) is 0 Å². The number of hydrogen-bond acceptors (Lipinski definition) is 4. The number of rotatable bonds is 6. The Balaban J connectivity index is 1.71. The summed E-state index contributed by atoms with van der Waals surface area (Å²) in [7, 11) is 0. The van der Waals surface area contributed by atoms with Crippen molar-refractivity contribution in [2.75, 3.05) is 26.2 Å². The smallest absolute Gasteiger partial charge is 0.271 e. The molecule has 0 aliphatic carbocycles. The maximum atomic E-state index is 11.9. The Labute approximate surface area is 124 Å². The van der Waals surface area contributed by atoms with Gasteiger partial charge in [0, 0.05) is 45.3 Å². The van der Waals surface area contributed by atoms with E-state index in [1.807, 2.05) is 4.90 Å². The molecule has 1 aliphatic rings. The van der Waals surface area contributed by atoms with Gasteiger partial charge in [0.1, 0.15) is 5.69 Å². The highest BCUT2D eigenvalue weighted by molar-refractivity contribution is 5.92. The van der Waals surface area contributed by atoms with Gasteiger partial charge in [-0.05, 0) is 19.3 Å². The molecule has 0 aromatic carbocycles. The predicted octanol–water partition coefficient (Wildman–Crippen LogP) is -0.0258. The number of amides is 2. The Morgan fingerprint density at radius 3 is 2.76 bits per heavy atom. The first kappa shape index (κ1) is 15.5. The molecule has 1 aromatic rings. The average molecular weight is 293 g/mol. The monoisotopic (exact) mass is 293 g/mol. The van der Waals surface area contributed by atoms with Gasteiger partial charge >= 0.3 is 0 Å². The highest BCUT2D eigenvalue weighted by atomic mass is 16.2. The van der Waals surface area contributed by atoms with Gasteiger partial charge in [0.15, 0.2) is 0 Å². The topological polar surface area (TPSA) is 93.2 Å². The van der Waals surface area contributed by atoms with Crippen LogP contribution in [0.25, 0.3) is 0 Å². The van der Waals surface area contributed by atoms with Crippen molar-refractivity contribution >= 4 is 11.8 Å². The Morgan fingerprint density at radius 1 is 1.29 bits per heavy atom. The van der Waals surface area contributed by atoms with Crippen LogP contribution in [-0.4, -0.2) is 52.4 Å². The van der Waals surface area contributed by atoms with Crippen molar-refractivity contribution in [3.63, 3.8) is 0 Å². The Bertz CT molecular complexity index is 479. The van der Waals surface area contributed by atoms with Gasteiger partial charge in [0.25, 0.3) is 5.91 Å². The molecule has 0 saturated carbocycles. The molecule has 7 heteroatoms. The van der Waals surface area contributed by atoms with E-state index >= 15 is 0 Å². The normalized spacial score (nSPS) is 15.0. The van der Waals surface area contributed by atoms with Crippen molar-refractivity contribution in [1.29, 1.82) is 0 Å². The molecule has 2 rings (SSSR count). The summed E-state index contributed by atoms with van der Waals surface area (Å²) in [5.74, 6) is -0.138. The third-order valence-electron chi connectivity index (χ3n) is 3.59. The molecule has 1 aliphatic heterocycles. The summed E-state index contributed by atoms with van der Waals surface area (Å²) in [6.07, 6.45) is 6.95. The van der Waals surface area contributed by atoms with E-state index < -0.39 is 0 Å². The van der Waals surface area contributed by atoms with Gasteiger partial charge in [-0.3, -0.25) is 9.59 Å². The van der Waals surface area contributed by atoms with E-state index in [2.05, 4.69) is 10.3 Å². The molecule has 1 saturated heterocycles. The van der Waals surface area contributed by atoms with E-state index in [-0.39, 0.29) is 11.8 Å². The van der Waals surface area contributed by atoms with Gasteiger partial charge in [-0.15, -0.1) is 0 Å². The fourth-order valence-corrected chi connectivity index (χ4v) is 2.42. The first-order valence-corrected chi connectivity index (χ1v) is 7.48. The van der Waals surface area contributed by atoms with Gasteiger partial charge in [-0.2, -0.15) is 0 Å². The highest BCUT2D eigenvalue weighted by Crippen LogP contribution is 2.09. The fraction of sp³-hybridized carbons (Fsp3) is 0.643. The van der Waals surface area contributed by atoms with E-state index in [1.54, 1.807) is 17.1 Å². The molecule has 2 heterocycles. The minimum absolute atomic E-state index is 0.115. The molecule has 2 amide bonds. The van der Waals surface area contributed by atoms with Crippen LogP contribution in [0.1, 0.15) is 36.2 Å². The Morgan fingerprint density at radius 2 is 2.05 bits per heavy atom. The lowest BCUT2D eigenvalue weighted by Gasteiger charge is -2.26. The molecular formula is C14H23N5O2. The standard InChI is InChI=1S/C14H23N5O2/c15-5-9-18-10-12(17-11-18)14(21)16-6-4-13(20)19-7-2-1-3-8-19/h10-11H,1-9,15H2,(H,16,21). The number of imidazole rings is 1. The number of carbonyl (C=O) groups excluding carboxylic acids is 2. The van der Waals surface area contributed by atoms with Crippen molar-refractivity contribution in [2.45, 2.75) is 32.2 Å². The van der Waals surface area contributed by atoms with E-state index in [9.17, 15) is 9.59 Å². The van der Waals surface area contributed by atoms with Crippen LogP contribution in [0.15, 0.2) is 12.5 Å². The molecular weight excluding hydrogens is 270 g/mol. The largest absolute Gasteiger partial charge is 0.350 e. The van der Waals surface area contributed by atoms with Crippen molar-refractivity contribution in [2.24, 2.45) is 5.73 Å². The molecule has 0 atom stereocenters. The fourth-order valence-electron chi connectivity index (χ4n) is 2.42. The number of likely N-dealkylation sites (tertiary alicyclic amines) is 1. The molecule has 1 aromatic heterocycles. The van der Waals surface area contributed by atoms with Crippen LogP contribution < -0.4 is 11.1 Å². The lowest BCUT2D eigenvalue weighted by atomic mass is 10.1. The van der Waals surface area contributed by atoms with Crippen molar-refractivity contribution in [3.05, 3.63) is 18.2 Å². The van der Waals surface area contributed by atoms with Crippen LogP contribution in [0.4, 0.5) is 0 Å². The summed E-state index contributed by atoms with van der Waals surface area (Å²) in [4.78, 5) is 29.7. The molecule has 0 spiro atoms. The zero-order valence-electron chi connectivity index (χ0n) is 12.3. The van der Waals surface area contributed by atoms with Crippen LogP contribution in [-0.2, 0) is 11.3 Å². The van der Waals surface area contributed by atoms with E-state index in [4.69, 9.17) is 5.73 Å². The van der Waals surface area contributed by atoms with Crippen LogP contribution in [0.2, 0.25) is 0 Å². The summed E-state index contributed by atoms with van der Waals surface area (Å²) in [6.45, 7) is 3.17. The third-order valence-corrected chi connectivity index (χ3v) is 3.59. The number of hydrogen-bond donors (Lipinski definition) is 2. The lowest BCUT2D eigenvalue weighted by molar-refractivity contribution is -0.131. The number of nitrogens with two attached hydrogens (primary N) is 1. The minimum Gasteiger partial charge on any atom is -0.350 e. The second-order valence-corrected chi connectivity index (χ2v) is 5.23. The SMILES string of the molecule is NCCn1cnc(C(=O)NCCC(=O)N2CCCCC2)c1. The van der Waals surface area contributed by atoms with Crippen molar-refractivity contribution in [3.8, 4) is 0 Å². The highest BCUT2D eigenvalue weighted by Gasteiger charge is 2.16. The molecule has 21 heavy (non-hydrogen) atoms. The number of aromatic nitrogens is 2. The molecule has 0 unspecified atom stereocenters. The quantitative estimate of drug-likeness (QED) is 0.770. The summed E-state index contributed by atoms with van der Waals surface area (Å²) < 4.78 is 1.77. The Hall–Kier alpha value is -1.89. The number of nitrogens with one attached hydrogen (secondary N) is 1. The molecule has 3 N–H and O–H groups in total. The van der Waals surface area contributed by atoms with Gasteiger partial charge in [0.2, 0.25) is 5.91 Å². The summed E-state index contributed by atoms with van der Waals surface area (Å²) in [5.41, 5.74) is 5.79. The number of carbonyl (C=O) groups is 2. The van der Waals surface area contributed by atoms with E-state index in [0.717, 1.165) is 25.9 Å². The van der Waals surface area contributed by atoms with E-state index in [1.165, 1.54) is 6.42 Å². The predicted molar refractivity (Wildman–Crippen MR) is 78.7 cm³/mol. The first-order valence-electron chi connectivity index (χ1n) is 7.48. The molecule has 1 fully saturated rings. The average Bonchev–Trinajstić information content (AvgIpc) is 2.97. The molecule has 116 valence electrons. The minimum atomic E-state index is -0.253. The van der Waals surface area contributed by atoms with E-state index in [0.29, 0.717) is 31.7 Å². The summed E-state index contributed by atoms with van der Waals surface area (Å²) in [5, 5.41) is 2.73. The molecule has 0 radical (unpaired) electrons. The third kappa shape index (κ3) is 4.56. The summed E-state index contributed by atoms with van der Waals surface area (Å²) in [6, 6.07) is 0. The second kappa shape index (κ2) is 7.78. The molecule has 7 nitrogen and oxygen atoms in total. The van der Waals surface area contributed by atoms with Gasteiger partial charge < -0.3 is 20.5 Å². The molecule has 0 bridgehead atoms. The van der Waals surface area contributed by atoms with Crippen LogP contribution in [0.5, 0.6) is 0 Å². The second-order valence-electron chi connectivity index (χ2n) is 5.23. The zero-order valence-corrected chi connectivity index (χ0v) is 12.3. The van der Waals surface area contributed by atoms with Gasteiger partial charge in [-0.25, -0.2) is 4.98 Å². The number of piperidine rings is 1. The Kier molecular flexibility index (Phi) is 5.74. The van der Waals surface area contributed by atoms with Crippen LogP contribution >= 0.6 is 0 Å². The summed E-state index contributed by atoms with van der Waals surface area (Å²) >= 11 is 0. The first-order chi connectivity index (χ1) is 10.2. The van der Waals surface area contributed by atoms with Crippen molar-refractivity contribution < 1.29 is 9.59 Å². The van der Waals surface area contributed by atoms with Gasteiger partial charge in [0.05, 0.1) is 6.33 Å².